The summed E-state index contributed by atoms with van der Waals surface area (Å²) in [7, 11) is 0. The average Bonchev–Trinajstić information content (AvgIpc) is 2.39. The molecule has 0 unspecified atom stereocenters. The minimum Gasteiger partial charge on any atom is -0.364 e. The summed E-state index contributed by atoms with van der Waals surface area (Å²) in [6, 6.07) is 1.81. The van der Waals surface area contributed by atoms with E-state index in [4.69, 9.17) is 5.73 Å². The van der Waals surface area contributed by atoms with Crippen LogP contribution in [0.2, 0.25) is 0 Å². The first kappa shape index (κ1) is 8.68. The maximum atomic E-state index is 11.1. The van der Waals surface area contributed by atoms with Crippen molar-refractivity contribution in [3.8, 4) is 0 Å². The molecule has 0 aliphatic heterocycles. The summed E-state index contributed by atoms with van der Waals surface area (Å²) in [5, 5.41) is 0. The van der Waals surface area contributed by atoms with E-state index in [1.807, 2.05) is 6.92 Å². The van der Waals surface area contributed by atoms with E-state index in [-0.39, 0.29) is 0 Å². The number of hydrogen-bond donors (Lipinski definition) is 1. The molecule has 72 valence electrons. The van der Waals surface area contributed by atoms with Crippen LogP contribution in [-0.2, 0) is 0 Å². The quantitative estimate of drug-likeness (QED) is 0.709. The Bertz CT molecular complexity index is 515. The van der Waals surface area contributed by atoms with E-state index in [1.165, 1.54) is 0 Å². The Morgan fingerprint density at radius 3 is 2.79 bits per heavy atom. The standard InChI is InChI=1S/C9H10N4O/c1-5-3-4-13-7(8(10)14)6(2)12-9(13)11-5/h3-4H,1-2H3,(H2,10,14). The number of carbonyl (C=O) groups excluding carboxylic acids is 1. The molecule has 0 aliphatic carbocycles. The molecule has 14 heavy (non-hydrogen) atoms. The van der Waals surface area contributed by atoms with Crippen LogP contribution in [0.15, 0.2) is 12.3 Å². The molecule has 2 N–H and O–H groups in total. The van der Waals surface area contributed by atoms with Crippen molar-refractivity contribution in [2.24, 2.45) is 5.73 Å². The summed E-state index contributed by atoms with van der Waals surface area (Å²) in [5.74, 6) is 0.0250. The summed E-state index contributed by atoms with van der Waals surface area (Å²) in [6.07, 6.45) is 1.75. The predicted octanol–water partition coefficient (Wildman–Crippen LogP) is 0.445. The lowest BCUT2D eigenvalue weighted by atomic mass is 10.3. The van der Waals surface area contributed by atoms with E-state index in [0.29, 0.717) is 17.2 Å². The molecule has 5 nitrogen and oxygen atoms in total. The van der Waals surface area contributed by atoms with Gasteiger partial charge in [-0.1, -0.05) is 0 Å². The maximum Gasteiger partial charge on any atom is 0.267 e. The number of fused-ring (bicyclic) bond motifs is 1. The molecule has 1 amide bonds. The van der Waals surface area contributed by atoms with Crippen LogP contribution in [-0.4, -0.2) is 20.3 Å². The molecule has 2 aromatic heterocycles. The molecule has 0 saturated carbocycles. The first-order chi connectivity index (χ1) is 6.59. The Morgan fingerprint density at radius 1 is 1.43 bits per heavy atom. The van der Waals surface area contributed by atoms with E-state index in [0.717, 1.165) is 5.69 Å². The Balaban J connectivity index is 2.84. The van der Waals surface area contributed by atoms with E-state index < -0.39 is 5.91 Å². The maximum absolute atomic E-state index is 11.1. The molecular weight excluding hydrogens is 180 g/mol. The fraction of sp³-hybridized carbons (Fsp3) is 0.222. The van der Waals surface area contributed by atoms with Gasteiger partial charge in [-0.05, 0) is 19.9 Å². The number of carbonyl (C=O) groups is 1. The zero-order chi connectivity index (χ0) is 10.3. The summed E-state index contributed by atoms with van der Waals surface area (Å²) in [4.78, 5) is 19.4. The number of aryl methyl sites for hydroxylation is 2. The van der Waals surface area contributed by atoms with Gasteiger partial charge in [0.2, 0.25) is 5.78 Å². The third kappa shape index (κ3) is 1.14. The van der Waals surface area contributed by atoms with E-state index in [2.05, 4.69) is 9.97 Å². The molecule has 2 aromatic rings. The second kappa shape index (κ2) is 2.80. The van der Waals surface area contributed by atoms with Crippen molar-refractivity contribution in [2.75, 3.05) is 0 Å². The summed E-state index contributed by atoms with van der Waals surface area (Å²) in [6.45, 7) is 3.61. The molecule has 0 radical (unpaired) electrons. The summed E-state index contributed by atoms with van der Waals surface area (Å²) < 4.78 is 1.60. The van der Waals surface area contributed by atoms with Gasteiger partial charge in [-0.15, -0.1) is 0 Å². The number of aromatic nitrogens is 3. The SMILES string of the molecule is Cc1ccn2c(C(N)=O)c(C)nc2n1. The smallest absolute Gasteiger partial charge is 0.267 e. The third-order valence-electron chi connectivity index (χ3n) is 2.04. The Morgan fingerprint density at radius 2 is 2.14 bits per heavy atom. The Hall–Kier alpha value is -1.91. The average molecular weight is 190 g/mol. The fourth-order valence-corrected chi connectivity index (χ4v) is 1.43. The number of rotatable bonds is 1. The van der Waals surface area contributed by atoms with Crippen LogP contribution < -0.4 is 5.73 Å². The van der Waals surface area contributed by atoms with Gasteiger partial charge in [0.1, 0.15) is 5.69 Å². The number of hydrogen-bond acceptors (Lipinski definition) is 3. The van der Waals surface area contributed by atoms with Gasteiger partial charge in [-0.25, -0.2) is 9.97 Å². The van der Waals surface area contributed by atoms with Crippen LogP contribution in [0, 0.1) is 13.8 Å². The van der Waals surface area contributed by atoms with Crippen LogP contribution >= 0.6 is 0 Å². The Kier molecular flexibility index (Phi) is 1.73. The molecule has 0 atom stereocenters. The highest BCUT2D eigenvalue weighted by molar-refractivity contribution is 5.93. The number of primary amides is 1. The second-order valence-corrected chi connectivity index (χ2v) is 3.15. The first-order valence-electron chi connectivity index (χ1n) is 4.21. The van der Waals surface area contributed by atoms with Crippen molar-refractivity contribution < 1.29 is 4.79 Å². The van der Waals surface area contributed by atoms with Crippen LogP contribution in [0.25, 0.3) is 5.78 Å². The molecule has 0 fully saturated rings. The minimum absolute atomic E-state index is 0.396. The van der Waals surface area contributed by atoms with Gasteiger partial charge in [-0.3, -0.25) is 9.20 Å². The van der Waals surface area contributed by atoms with Gasteiger partial charge in [0.15, 0.2) is 0 Å². The molecular formula is C9H10N4O. The van der Waals surface area contributed by atoms with Crippen molar-refractivity contribution >= 4 is 11.7 Å². The van der Waals surface area contributed by atoms with Gasteiger partial charge in [0.25, 0.3) is 5.91 Å². The van der Waals surface area contributed by atoms with Crippen molar-refractivity contribution in [1.82, 2.24) is 14.4 Å². The van der Waals surface area contributed by atoms with Gasteiger partial charge in [-0.2, -0.15) is 0 Å². The van der Waals surface area contributed by atoms with Crippen LogP contribution in [0.5, 0.6) is 0 Å². The van der Waals surface area contributed by atoms with E-state index in [1.54, 1.807) is 23.6 Å². The normalized spacial score (nSPS) is 10.7. The molecule has 0 aliphatic rings. The fourth-order valence-electron chi connectivity index (χ4n) is 1.43. The van der Waals surface area contributed by atoms with Gasteiger partial charge >= 0.3 is 0 Å². The summed E-state index contributed by atoms with van der Waals surface area (Å²) in [5.41, 5.74) is 7.10. The number of nitrogens with two attached hydrogens (primary N) is 1. The molecule has 0 saturated heterocycles. The largest absolute Gasteiger partial charge is 0.364 e. The van der Waals surface area contributed by atoms with Crippen LogP contribution in [0.3, 0.4) is 0 Å². The highest BCUT2D eigenvalue weighted by atomic mass is 16.1. The third-order valence-corrected chi connectivity index (χ3v) is 2.04. The predicted molar refractivity (Wildman–Crippen MR) is 51.0 cm³/mol. The molecule has 0 spiro atoms. The van der Waals surface area contributed by atoms with Gasteiger partial charge in [0, 0.05) is 11.9 Å². The summed E-state index contributed by atoms with van der Waals surface area (Å²) >= 11 is 0. The molecule has 0 bridgehead atoms. The lowest BCUT2D eigenvalue weighted by Crippen LogP contribution is -2.15. The molecule has 2 heterocycles. The zero-order valence-electron chi connectivity index (χ0n) is 7.98. The van der Waals surface area contributed by atoms with Crippen molar-refractivity contribution in [1.29, 1.82) is 0 Å². The molecule has 0 aromatic carbocycles. The Labute approximate surface area is 80.6 Å². The minimum atomic E-state index is -0.486. The number of amides is 1. The van der Waals surface area contributed by atoms with E-state index >= 15 is 0 Å². The van der Waals surface area contributed by atoms with Gasteiger partial charge in [0.05, 0.1) is 5.69 Å². The topological polar surface area (TPSA) is 73.3 Å². The van der Waals surface area contributed by atoms with Crippen LogP contribution in [0.4, 0.5) is 0 Å². The number of nitrogens with zero attached hydrogens (tertiary/aromatic N) is 3. The van der Waals surface area contributed by atoms with Crippen molar-refractivity contribution in [2.45, 2.75) is 13.8 Å². The van der Waals surface area contributed by atoms with Crippen molar-refractivity contribution in [3.63, 3.8) is 0 Å². The van der Waals surface area contributed by atoms with Gasteiger partial charge < -0.3 is 5.73 Å². The highest BCUT2D eigenvalue weighted by Gasteiger charge is 2.13. The molecule has 5 heteroatoms. The second-order valence-electron chi connectivity index (χ2n) is 3.15. The monoisotopic (exact) mass is 190 g/mol. The van der Waals surface area contributed by atoms with E-state index in [9.17, 15) is 4.79 Å². The highest BCUT2D eigenvalue weighted by Crippen LogP contribution is 2.09. The lowest BCUT2D eigenvalue weighted by Gasteiger charge is -1.97. The number of imidazole rings is 1. The van der Waals surface area contributed by atoms with Crippen LogP contribution in [0.1, 0.15) is 21.9 Å². The lowest BCUT2D eigenvalue weighted by molar-refractivity contribution is 0.0994. The zero-order valence-corrected chi connectivity index (χ0v) is 7.98. The molecule has 2 rings (SSSR count). The van der Waals surface area contributed by atoms with Crippen molar-refractivity contribution in [3.05, 3.63) is 29.3 Å². The first-order valence-corrected chi connectivity index (χ1v) is 4.21.